The number of aliphatic carboxylic acids is 1. The number of fused-ring (bicyclic) bond motifs is 1. The molecule has 1 unspecified atom stereocenters. The van der Waals surface area contributed by atoms with E-state index in [9.17, 15) is 9.59 Å². The molecule has 120 valence electrons. The van der Waals surface area contributed by atoms with E-state index in [1.165, 1.54) is 0 Å². The van der Waals surface area contributed by atoms with Gasteiger partial charge in [0.1, 0.15) is 11.3 Å². The monoisotopic (exact) mass is 312 g/mol. The number of ketones is 1. The van der Waals surface area contributed by atoms with E-state index in [0.717, 1.165) is 11.1 Å². The number of pyridine rings is 1. The molecular weight excluding hydrogens is 292 g/mol. The maximum atomic E-state index is 12.2. The van der Waals surface area contributed by atoms with Crippen molar-refractivity contribution in [3.63, 3.8) is 0 Å². The third-order valence-corrected chi connectivity index (χ3v) is 3.74. The quantitative estimate of drug-likeness (QED) is 0.521. The molecule has 23 heavy (non-hydrogen) atoms. The zero-order chi connectivity index (χ0) is 17.1. The molecule has 1 N–H and O–H groups in total. The van der Waals surface area contributed by atoms with Gasteiger partial charge in [0, 0.05) is 12.1 Å². The van der Waals surface area contributed by atoms with E-state index in [2.05, 4.69) is 4.98 Å². The molecule has 0 amide bonds. The highest BCUT2D eigenvalue weighted by atomic mass is 16.4. The normalized spacial score (nSPS) is 13.7. The van der Waals surface area contributed by atoms with E-state index in [1.54, 1.807) is 16.7 Å². The van der Waals surface area contributed by atoms with Crippen LogP contribution in [0.4, 0.5) is 0 Å². The Balaban J connectivity index is 2.62. The molecule has 0 saturated carbocycles. The summed E-state index contributed by atoms with van der Waals surface area (Å²) < 4.78 is 1.56. The van der Waals surface area contributed by atoms with Crippen molar-refractivity contribution in [2.45, 2.75) is 33.6 Å². The first-order valence-electron chi connectivity index (χ1n) is 7.42. The van der Waals surface area contributed by atoms with Crippen LogP contribution in [0.2, 0.25) is 0 Å². The van der Waals surface area contributed by atoms with Gasteiger partial charge in [-0.2, -0.15) is 0 Å². The zero-order valence-electron chi connectivity index (χ0n) is 13.7. The summed E-state index contributed by atoms with van der Waals surface area (Å²) in [6.07, 6.45) is 7.56. The highest BCUT2D eigenvalue weighted by Gasteiger charge is 2.26. The van der Waals surface area contributed by atoms with Crippen LogP contribution in [0, 0.1) is 6.92 Å². The van der Waals surface area contributed by atoms with Gasteiger partial charge in [0.25, 0.3) is 5.78 Å². The second-order valence-electron chi connectivity index (χ2n) is 5.60. The van der Waals surface area contributed by atoms with Crippen LogP contribution in [0.3, 0.4) is 0 Å². The molecule has 2 heterocycles. The molecule has 0 aromatic carbocycles. The summed E-state index contributed by atoms with van der Waals surface area (Å²) in [5.74, 6) is -2.60. The predicted octanol–water partition coefficient (Wildman–Crippen LogP) is 3.54. The number of hydrogen-bond donors (Lipinski definition) is 1. The molecule has 5 heteroatoms. The summed E-state index contributed by atoms with van der Waals surface area (Å²) in [6.45, 7) is 7.69. The standard InChI is InChI=1S/C18H20N2O3/c1-5-11(2)6-8-13(4)15-16(17(21)18(22)23)20-10-12(3)7-9-14(20)19-15/h5-10,13H,1-4H3,(H,22,23)/b8-6-,11-5-. The van der Waals surface area contributed by atoms with Gasteiger partial charge in [-0.05, 0) is 32.4 Å². The topological polar surface area (TPSA) is 71.7 Å². The minimum Gasteiger partial charge on any atom is -0.475 e. The largest absolute Gasteiger partial charge is 0.475 e. The van der Waals surface area contributed by atoms with E-state index < -0.39 is 11.8 Å². The lowest BCUT2D eigenvalue weighted by atomic mass is 10.0. The molecule has 0 aliphatic rings. The minimum atomic E-state index is -1.48. The van der Waals surface area contributed by atoms with Crippen LogP contribution >= 0.6 is 0 Å². The van der Waals surface area contributed by atoms with E-state index in [0.29, 0.717) is 11.3 Å². The summed E-state index contributed by atoms with van der Waals surface area (Å²) in [4.78, 5) is 27.8. The van der Waals surface area contributed by atoms with E-state index >= 15 is 0 Å². The number of carbonyl (C=O) groups is 2. The number of carbonyl (C=O) groups excluding carboxylic acids is 1. The zero-order valence-corrected chi connectivity index (χ0v) is 13.7. The lowest BCUT2D eigenvalue weighted by Crippen LogP contribution is -2.17. The molecule has 0 saturated heterocycles. The first kappa shape index (κ1) is 16.7. The summed E-state index contributed by atoms with van der Waals surface area (Å²) in [5.41, 5.74) is 3.17. The average Bonchev–Trinajstić information content (AvgIpc) is 2.89. The van der Waals surface area contributed by atoms with Crippen LogP contribution in [0.1, 0.15) is 48.4 Å². The second kappa shape index (κ2) is 6.60. The van der Waals surface area contributed by atoms with Gasteiger partial charge in [-0.15, -0.1) is 0 Å². The van der Waals surface area contributed by atoms with Crippen LogP contribution in [0.25, 0.3) is 5.65 Å². The van der Waals surface area contributed by atoms with Crippen molar-refractivity contribution in [1.29, 1.82) is 0 Å². The average molecular weight is 312 g/mol. The Labute approximate surface area is 135 Å². The summed E-state index contributed by atoms with van der Waals surface area (Å²) in [7, 11) is 0. The number of hydrogen-bond acceptors (Lipinski definition) is 3. The van der Waals surface area contributed by atoms with Crippen LogP contribution in [0.15, 0.2) is 42.1 Å². The fourth-order valence-electron chi connectivity index (χ4n) is 2.30. The lowest BCUT2D eigenvalue weighted by Gasteiger charge is -2.06. The SMILES string of the molecule is C/C=C(C)\C=C/C(C)c1nc2ccc(C)cn2c1C(=O)C(=O)O. The number of aryl methyl sites for hydroxylation is 1. The molecule has 5 nitrogen and oxygen atoms in total. The van der Waals surface area contributed by atoms with Gasteiger partial charge in [0.05, 0.1) is 5.69 Å². The third-order valence-electron chi connectivity index (χ3n) is 3.74. The first-order chi connectivity index (χ1) is 10.8. The molecule has 0 fully saturated rings. The molecule has 0 radical (unpaired) electrons. The minimum absolute atomic E-state index is 0.117. The second-order valence-corrected chi connectivity index (χ2v) is 5.60. The van der Waals surface area contributed by atoms with Crippen molar-refractivity contribution < 1.29 is 14.7 Å². The number of rotatable bonds is 5. The van der Waals surface area contributed by atoms with Crippen molar-refractivity contribution in [1.82, 2.24) is 9.38 Å². The molecule has 1 atom stereocenters. The van der Waals surface area contributed by atoms with Crippen molar-refractivity contribution in [2.75, 3.05) is 0 Å². The molecule has 2 aromatic rings. The molecule has 0 aliphatic heterocycles. The fraction of sp³-hybridized carbons (Fsp3) is 0.278. The Bertz CT molecular complexity index is 828. The van der Waals surface area contributed by atoms with Gasteiger partial charge in [-0.3, -0.25) is 9.20 Å². The number of Topliss-reactive ketones (excluding diaryl/α,β-unsaturated/α-hetero) is 1. The van der Waals surface area contributed by atoms with Crippen molar-refractivity contribution in [3.8, 4) is 0 Å². The van der Waals surface area contributed by atoms with E-state index in [1.807, 2.05) is 52.0 Å². The predicted molar refractivity (Wildman–Crippen MR) is 88.9 cm³/mol. The van der Waals surface area contributed by atoms with Crippen LogP contribution in [-0.4, -0.2) is 26.2 Å². The van der Waals surface area contributed by atoms with Crippen LogP contribution < -0.4 is 0 Å². The highest BCUT2D eigenvalue weighted by Crippen LogP contribution is 2.24. The fourth-order valence-corrected chi connectivity index (χ4v) is 2.30. The molecule has 0 aliphatic carbocycles. The number of imidazole rings is 1. The number of aromatic nitrogens is 2. The van der Waals surface area contributed by atoms with Crippen molar-refractivity contribution in [3.05, 3.63) is 59.1 Å². The maximum Gasteiger partial charge on any atom is 0.378 e. The van der Waals surface area contributed by atoms with Gasteiger partial charge in [-0.1, -0.05) is 36.8 Å². The Morgan fingerprint density at radius 1 is 1.35 bits per heavy atom. The van der Waals surface area contributed by atoms with Gasteiger partial charge in [-0.25, -0.2) is 9.78 Å². The number of nitrogens with zero attached hydrogens (tertiary/aromatic N) is 2. The Hall–Kier alpha value is -2.69. The molecular formula is C18H20N2O3. The number of carboxylic acid groups (broad SMARTS) is 1. The van der Waals surface area contributed by atoms with Gasteiger partial charge >= 0.3 is 5.97 Å². The third kappa shape index (κ3) is 3.39. The molecule has 0 bridgehead atoms. The first-order valence-corrected chi connectivity index (χ1v) is 7.42. The van der Waals surface area contributed by atoms with Crippen molar-refractivity contribution in [2.24, 2.45) is 0 Å². The molecule has 2 rings (SSSR count). The highest BCUT2D eigenvalue weighted by molar-refractivity contribution is 6.39. The van der Waals surface area contributed by atoms with Crippen LogP contribution in [-0.2, 0) is 4.79 Å². The van der Waals surface area contributed by atoms with Crippen LogP contribution in [0.5, 0.6) is 0 Å². The van der Waals surface area contributed by atoms with Crippen molar-refractivity contribution >= 4 is 17.4 Å². The summed E-state index contributed by atoms with van der Waals surface area (Å²) in [6, 6.07) is 3.66. The number of carboxylic acids is 1. The van der Waals surface area contributed by atoms with Gasteiger partial charge in [0.2, 0.25) is 0 Å². The number of allylic oxidation sites excluding steroid dienone is 4. The lowest BCUT2D eigenvalue weighted by molar-refractivity contribution is -0.131. The molecule has 0 spiro atoms. The van der Waals surface area contributed by atoms with E-state index in [4.69, 9.17) is 5.11 Å². The summed E-state index contributed by atoms with van der Waals surface area (Å²) >= 11 is 0. The Morgan fingerprint density at radius 2 is 2.04 bits per heavy atom. The van der Waals surface area contributed by atoms with Gasteiger partial charge in [0.15, 0.2) is 0 Å². The Kier molecular flexibility index (Phi) is 4.79. The van der Waals surface area contributed by atoms with Gasteiger partial charge < -0.3 is 5.11 Å². The molecule has 2 aromatic heterocycles. The Morgan fingerprint density at radius 3 is 2.65 bits per heavy atom. The summed E-state index contributed by atoms with van der Waals surface area (Å²) in [5, 5.41) is 9.13. The van der Waals surface area contributed by atoms with E-state index in [-0.39, 0.29) is 11.6 Å². The smallest absolute Gasteiger partial charge is 0.378 e. The maximum absolute atomic E-state index is 12.2.